The van der Waals surface area contributed by atoms with Crippen LogP contribution in [-0.4, -0.2) is 15.8 Å². The van der Waals surface area contributed by atoms with Gasteiger partial charge in [0.2, 0.25) is 0 Å². The average molecular weight is 305 g/mol. The molecule has 1 aliphatic heterocycles. The lowest BCUT2D eigenvalue weighted by atomic mass is 10.0. The highest BCUT2D eigenvalue weighted by atomic mass is 32.1. The van der Waals surface area contributed by atoms with E-state index in [0.717, 1.165) is 16.2 Å². The van der Waals surface area contributed by atoms with Crippen molar-refractivity contribution in [3.8, 4) is 0 Å². The minimum absolute atomic E-state index is 0.139. The van der Waals surface area contributed by atoms with Gasteiger partial charge < -0.3 is 5.73 Å². The third-order valence-corrected chi connectivity index (χ3v) is 4.28. The van der Waals surface area contributed by atoms with Gasteiger partial charge in [-0.3, -0.25) is 0 Å². The normalized spacial score (nSPS) is 18.1. The smallest absolute Gasteiger partial charge is 0.187 e. The van der Waals surface area contributed by atoms with Gasteiger partial charge in [-0.25, -0.2) is 9.40 Å². The Balaban J connectivity index is 1.95. The highest BCUT2D eigenvalue weighted by Crippen LogP contribution is 2.33. The second kappa shape index (κ2) is 5.30. The molecular formula is C14H12FN3S2. The highest BCUT2D eigenvalue weighted by molar-refractivity contribution is 7.80. The molecule has 0 bridgehead atoms. The van der Waals surface area contributed by atoms with Crippen LogP contribution < -0.4 is 5.73 Å². The fourth-order valence-corrected chi connectivity index (χ4v) is 3.17. The Bertz CT molecular complexity index is 667. The molecule has 1 atom stereocenters. The molecule has 3 rings (SSSR count). The van der Waals surface area contributed by atoms with E-state index in [9.17, 15) is 4.39 Å². The molecule has 102 valence electrons. The first-order valence-corrected chi connectivity index (χ1v) is 7.39. The molecule has 0 amide bonds. The van der Waals surface area contributed by atoms with Crippen LogP contribution in [0.4, 0.5) is 4.39 Å². The van der Waals surface area contributed by atoms with Gasteiger partial charge >= 0.3 is 0 Å². The quantitative estimate of drug-likeness (QED) is 0.866. The molecule has 2 N–H and O–H groups in total. The molecule has 0 spiro atoms. The third kappa shape index (κ3) is 2.44. The van der Waals surface area contributed by atoms with E-state index < -0.39 is 0 Å². The van der Waals surface area contributed by atoms with Crippen LogP contribution in [0.2, 0.25) is 0 Å². The number of nitrogens with two attached hydrogens (primary N) is 1. The van der Waals surface area contributed by atoms with Gasteiger partial charge in [-0.15, -0.1) is 11.3 Å². The monoisotopic (exact) mass is 305 g/mol. The Hall–Kier alpha value is -1.79. The number of benzene rings is 1. The van der Waals surface area contributed by atoms with Crippen molar-refractivity contribution in [2.45, 2.75) is 12.5 Å². The summed E-state index contributed by atoms with van der Waals surface area (Å²) in [4.78, 5) is 1.09. The summed E-state index contributed by atoms with van der Waals surface area (Å²) < 4.78 is 13.4. The van der Waals surface area contributed by atoms with Crippen LogP contribution in [0.5, 0.6) is 0 Å². The maximum atomic E-state index is 13.4. The Labute approximate surface area is 125 Å². The maximum absolute atomic E-state index is 13.4. The summed E-state index contributed by atoms with van der Waals surface area (Å²) >= 11 is 6.67. The molecule has 20 heavy (non-hydrogen) atoms. The van der Waals surface area contributed by atoms with Gasteiger partial charge in [-0.1, -0.05) is 18.2 Å². The molecule has 1 aromatic heterocycles. The summed E-state index contributed by atoms with van der Waals surface area (Å²) in [6, 6.07) is 10.3. The first-order valence-electron chi connectivity index (χ1n) is 6.10. The predicted molar refractivity (Wildman–Crippen MR) is 83.2 cm³/mol. The highest BCUT2D eigenvalue weighted by Gasteiger charge is 2.30. The topological polar surface area (TPSA) is 41.6 Å². The van der Waals surface area contributed by atoms with E-state index in [4.69, 9.17) is 18.0 Å². The number of thiophene rings is 1. The molecule has 2 aromatic rings. The molecule has 3 nitrogen and oxygen atoms in total. The van der Waals surface area contributed by atoms with Crippen LogP contribution in [-0.2, 0) is 0 Å². The molecule has 6 heteroatoms. The van der Waals surface area contributed by atoms with Crippen molar-refractivity contribution in [3.05, 3.63) is 58.0 Å². The van der Waals surface area contributed by atoms with Crippen molar-refractivity contribution in [2.75, 3.05) is 0 Å². The van der Waals surface area contributed by atoms with Crippen LogP contribution in [0.25, 0.3) is 0 Å². The lowest BCUT2D eigenvalue weighted by Crippen LogP contribution is -2.31. The van der Waals surface area contributed by atoms with E-state index in [1.54, 1.807) is 22.4 Å². The minimum atomic E-state index is -0.269. The van der Waals surface area contributed by atoms with E-state index >= 15 is 0 Å². The van der Waals surface area contributed by atoms with E-state index in [-0.39, 0.29) is 17.0 Å². The summed E-state index contributed by atoms with van der Waals surface area (Å²) in [6.45, 7) is 0. The SMILES string of the molecule is NC(=S)N1N=C(c2cccs2)C[C@@H]1c1cccc(F)c1. The molecule has 0 saturated carbocycles. The summed E-state index contributed by atoms with van der Waals surface area (Å²) in [6.07, 6.45) is 0.668. The van der Waals surface area contributed by atoms with Crippen molar-refractivity contribution in [3.63, 3.8) is 0 Å². The molecule has 0 unspecified atom stereocenters. The lowest BCUT2D eigenvalue weighted by Gasteiger charge is -2.21. The Kier molecular flexibility index (Phi) is 3.50. The molecule has 2 heterocycles. The largest absolute Gasteiger partial charge is 0.375 e. The molecule has 1 aliphatic rings. The molecule has 1 aromatic carbocycles. The molecule has 0 radical (unpaired) electrons. The predicted octanol–water partition coefficient (Wildman–Crippen LogP) is 3.28. The van der Waals surface area contributed by atoms with Gasteiger partial charge in [0.1, 0.15) is 5.82 Å². The van der Waals surface area contributed by atoms with Gasteiger partial charge in [0.25, 0.3) is 0 Å². The standard InChI is InChI=1S/C14H12FN3S2/c15-10-4-1-3-9(7-10)12-8-11(13-5-2-6-20-13)17-18(12)14(16)19/h1-7,12H,8H2,(H2,16,19)/t12-/m1/s1. The van der Waals surface area contributed by atoms with E-state index in [2.05, 4.69) is 5.10 Å². The zero-order valence-corrected chi connectivity index (χ0v) is 12.1. The van der Waals surface area contributed by atoms with Crippen LogP contribution in [0.3, 0.4) is 0 Å². The van der Waals surface area contributed by atoms with Crippen molar-refractivity contribution in [2.24, 2.45) is 10.8 Å². The van der Waals surface area contributed by atoms with Crippen molar-refractivity contribution < 1.29 is 4.39 Å². The number of rotatable bonds is 2. The summed E-state index contributed by atoms with van der Waals surface area (Å²) in [7, 11) is 0. The second-order valence-electron chi connectivity index (χ2n) is 4.48. The van der Waals surface area contributed by atoms with Crippen LogP contribution >= 0.6 is 23.6 Å². The van der Waals surface area contributed by atoms with E-state index in [1.807, 2.05) is 23.6 Å². The third-order valence-electron chi connectivity index (χ3n) is 3.18. The van der Waals surface area contributed by atoms with Crippen LogP contribution in [0.15, 0.2) is 46.9 Å². The van der Waals surface area contributed by atoms with E-state index in [0.29, 0.717) is 6.42 Å². The van der Waals surface area contributed by atoms with Gasteiger partial charge in [-0.2, -0.15) is 5.10 Å². The first kappa shape index (κ1) is 13.2. The number of nitrogens with zero attached hydrogens (tertiary/aromatic N) is 2. The average Bonchev–Trinajstić information content (AvgIpc) is 3.08. The summed E-state index contributed by atoms with van der Waals surface area (Å²) in [5.41, 5.74) is 7.50. The number of hydrogen-bond donors (Lipinski definition) is 1. The fraction of sp³-hybridized carbons (Fsp3) is 0.143. The number of hydrazone groups is 1. The molecule has 0 fully saturated rings. The van der Waals surface area contributed by atoms with Crippen LogP contribution in [0, 0.1) is 5.82 Å². The van der Waals surface area contributed by atoms with Crippen molar-refractivity contribution in [1.82, 2.24) is 5.01 Å². The van der Waals surface area contributed by atoms with Crippen molar-refractivity contribution >= 4 is 34.4 Å². The Morgan fingerprint density at radius 1 is 1.40 bits per heavy atom. The number of thiocarbonyl (C=S) groups is 1. The fourth-order valence-electron chi connectivity index (χ4n) is 2.28. The lowest BCUT2D eigenvalue weighted by molar-refractivity contribution is 0.371. The first-order chi connectivity index (χ1) is 9.65. The van der Waals surface area contributed by atoms with Crippen LogP contribution in [0.1, 0.15) is 22.9 Å². The van der Waals surface area contributed by atoms with Crippen molar-refractivity contribution in [1.29, 1.82) is 0 Å². The van der Waals surface area contributed by atoms with Gasteiger partial charge in [0.15, 0.2) is 5.11 Å². The van der Waals surface area contributed by atoms with Gasteiger partial charge in [0, 0.05) is 6.42 Å². The van der Waals surface area contributed by atoms with Gasteiger partial charge in [-0.05, 0) is 41.4 Å². The minimum Gasteiger partial charge on any atom is -0.375 e. The summed E-state index contributed by atoms with van der Waals surface area (Å²) in [5, 5.41) is 8.28. The Morgan fingerprint density at radius 2 is 2.25 bits per heavy atom. The molecule has 0 saturated heterocycles. The zero-order valence-electron chi connectivity index (χ0n) is 10.5. The number of hydrogen-bond acceptors (Lipinski definition) is 3. The Morgan fingerprint density at radius 3 is 2.90 bits per heavy atom. The van der Waals surface area contributed by atoms with E-state index in [1.165, 1.54) is 12.1 Å². The second-order valence-corrected chi connectivity index (χ2v) is 5.85. The molecular weight excluding hydrogens is 293 g/mol. The molecule has 0 aliphatic carbocycles. The maximum Gasteiger partial charge on any atom is 0.187 e. The zero-order chi connectivity index (χ0) is 14.1. The summed E-state index contributed by atoms with van der Waals surface area (Å²) in [5.74, 6) is -0.269. The number of halogens is 1. The van der Waals surface area contributed by atoms with Gasteiger partial charge in [0.05, 0.1) is 16.6 Å².